The minimum atomic E-state index is -0.728. The molecule has 28 heavy (non-hydrogen) atoms. The van der Waals surface area contributed by atoms with Gasteiger partial charge in [-0.05, 0) is 55.7 Å². The Morgan fingerprint density at radius 3 is 2.43 bits per heavy atom. The number of aromatic amines is 2. The zero-order chi connectivity index (χ0) is 19.7. The molecule has 0 bridgehead atoms. The first kappa shape index (κ1) is 18.0. The molecule has 1 aliphatic rings. The third-order valence-electron chi connectivity index (χ3n) is 5.18. The minimum absolute atomic E-state index is 0.110. The van der Waals surface area contributed by atoms with Gasteiger partial charge in [0.15, 0.2) is 0 Å². The zero-order valence-electron chi connectivity index (χ0n) is 15.6. The van der Waals surface area contributed by atoms with Gasteiger partial charge in [-0.15, -0.1) is 0 Å². The van der Waals surface area contributed by atoms with E-state index in [0.29, 0.717) is 16.6 Å². The molecule has 0 spiro atoms. The van der Waals surface area contributed by atoms with Gasteiger partial charge in [-0.3, -0.25) is 14.4 Å². The van der Waals surface area contributed by atoms with Gasteiger partial charge in [-0.2, -0.15) is 0 Å². The lowest BCUT2D eigenvalue weighted by Gasteiger charge is -2.34. The number of benzene rings is 2. The molecule has 4 rings (SSSR count). The molecule has 7 nitrogen and oxygen atoms in total. The van der Waals surface area contributed by atoms with Gasteiger partial charge < -0.3 is 20.2 Å². The van der Waals surface area contributed by atoms with E-state index < -0.39 is 11.1 Å². The van der Waals surface area contributed by atoms with Crippen LogP contribution in [-0.4, -0.2) is 35.0 Å². The van der Waals surface area contributed by atoms with Gasteiger partial charge >= 0.3 is 11.1 Å². The number of aromatic nitrogens is 2. The van der Waals surface area contributed by atoms with E-state index in [1.54, 1.807) is 18.2 Å². The summed E-state index contributed by atoms with van der Waals surface area (Å²) in [6, 6.07) is 13.4. The van der Waals surface area contributed by atoms with Gasteiger partial charge in [-0.25, -0.2) is 0 Å². The maximum Gasteiger partial charge on any atom is 0.314 e. The fourth-order valence-corrected chi connectivity index (χ4v) is 3.63. The first-order chi connectivity index (χ1) is 13.5. The molecule has 2 aromatic carbocycles. The predicted octanol–water partition coefficient (Wildman–Crippen LogP) is 1.92. The second-order valence-corrected chi connectivity index (χ2v) is 7.24. The van der Waals surface area contributed by atoms with Crippen molar-refractivity contribution >= 4 is 22.6 Å². The topological polar surface area (TPSA) is 98.1 Å². The van der Waals surface area contributed by atoms with Crippen LogP contribution in [0.2, 0.25) is 0 Å². The van der Waals surface area contributed by atoms with E-state index in [1.165, 1.54) is 11.3 Å². The van der Waals surface area contributed by atoms with Crippen LogP contribution in [0.3, 0.4) is 0 Å². The number of amides is 1. The quantitative estimate of drug-likeness (QED) is 0.607. The van der Waals surface area contributed by atoms with Crippen molar-refractivity contribution in [3.05, 3.63) is 74.3 Å². The monoisotopic (exact) mass is 378 g/mol. The molecule has 1 amide bonds. The Labute approximate surface area is 161 Å². The molecule has 2 heterocycles. The van der Waals surface area contributed by atoms with Gasteiger partial charge in [-0.1, -0.05) is 12.1 Å². The minimum Gasteiger partial charge on any atom is -0.371 e. The first-order valence-electron chi connectivity index (χ1n) is 9.38. The van der Waals surface area contributed by atoms with Crippen LogP contribution in [0.1, 0.15) is 28.8 Å². The van der Waals surface area contributed by atoms with Crippen LogP contribution in [0.5, 0.6) is 0 Å². The standard InChI is InChI=1S/C21H22N4O3/c1-13-3-2-4-16(11-13)25-9-7-15(8-10-25)22-19(26)14-5-6-17-18(12-14)24-21(28)20(27)23-17/h2-6,11-12,15H,7-10H2,1H3,(H,22,26)(H,23,27)(H,24,28). The lowest BCUT2D eigenvalue weighted by Crippen LogP contribution is -2.44. The van der Waals surface area contributed by atoms with Crippen molar-refractivity contribution in [1.82, 2.24) is 15.3 Å². The summed E-state index contributed by atoms with van der Waals surface area (Å²) in [6.07, 6.45) is 1.74. The van der Waals surface area contributed by atoms with E-state index in [9.17, 15) is 14.4 Å². The molecular formula is C21H22N4O3. The van der Waals surface area contributed by atoms with Gasteiger partial charge in [0, 0.05) is 30.4 Å². The normalized spacial score (nSPS) is 15.0. The summed E-state index contributed by atoms with van der Waals surface area (Å²) in [4.78, 5) is 42.8. The summed E-state index contributed by atoms with van der Waals surface area (Å²) in [5.74, 6) is -0.178. The fraction of sp³-hybridized carbons (Fsp3) is 0.286. The molecule has 0 radical (unpaired) electrons. The average Bonchev–Trinajstić information content (AvgIpc) is 2.69. The van der Waals surface area contributed by atoms with Gasteiger partial charge in [0.25, 0.3) is 5.91 Å². The molecule has 0 aliphatic carbocycles. The van der Waals surface area contributed by atoms with Crippen LogP contribution in [-0.2, 0) is 0 Å². The summed E-state index contributed by atoms with van der Waals surface area (Å²) in [5.41, 5.74) is 2.41. The largest absolute Gasteiger partial charge is 0.371 e. The summed E-state index contributed by atoms with van der Waals surface area (Å²) in [7, 11) is 0. The lowest BCUT2D eigenvalue weighted by atomic mass is 10.0. The van der Waals surface area contributed by atoms with E-state index in [4.69, 9.17) is 0 Å². The van der Waals surface area contributed by atoms with Crippen LogP contribution < -0.4 is 21.3 Å². The molecule has 0 atom stereocenters. The Morgan fingerprint density at radius 2 is 1.71 bits per heavy atom. The van der Waals surface area contributed by atoms with Crippen molar-refractivity contribution in [3.8, 4) is 0 Å². The number of anilines is 1. The van der Waals surface area contributed by atoms with Crippen molar-refractivity contribution in [2.45, 2.75) is 25.8 Å². The molecule has 0 unspecified atom stereocenters. The maximum atomic E-state index is 12.6. The Kier molecular flexibility index (Phi) is 4.73. The van der Waals surface area contributed by atoms with E-state index in [2.05, 4.69) is 51.4 Å². The zero-order valence-corrected chi connectivity index (χ0v) is 15.6. The molecule has 1 saturated heterocycles. The van der Waals surface area contributed by atoms with Crippen molar-refractivity contribution < 1.29 is 4.79 Å². The highest BCUT2D eigenvalue weighted by Crippen LogP contribution is 2.21. The van der Waals surface area contributed by atoms with E-state index >= 15 is 0 Å². The third-order valence-corrected chi connectivity index (χ3v) is 5.18. The smallest absolute Gasteiger partial charge is 0.314 e. The van der Waals surface area contributed by atoms with Gasteiger partial charge in [0.2, 0.25) is 0 Å². The predicted molar refractivity (Wildman–Crippen MR) is 109 cm³/mol. The highest BCUT2D eigenvalue weighted by Gasteiger charge is 2.21. The SMILES string of the molecule is Cc1cccc(N2CCC(NC(=O)c3ccc4[nH]c(=O)c(=O)[nH]c4c3)CC2)c1. The van der Waals surface area contributed by atoms with Gasteiger partial charge in [0.05, 0.1) is 11.0 Å². The summed E-state index contributed by atoms with van der Waals surface area (Å²) in [6.45, 7) is 3.87. The van der Waals surface area contributed by atoms with E-state index in [-0.39, 0.29) is 11.9 Å². The Bertz CT molecular complexity index is 1140. The molecule has 7 heteroatoms. The number of nitrogens with one attached hydrogen (secondary N) is 3. The van der Waals surface area contributed by atoms with Crippen LogP contribution >= 0.6 is 0 Å². The first-order valence-corrected chi connectivity index (χ1v) is 9.38. The number of piperidine rings is 1. The number of hydrogen-bond acceptors (Lipinski definition) is 4. The number of carbonyl (C=O) groups is 1. The van der Waals surface area contributed by atoms with Crippen molar-refractivity contribution in [3.63, 3.8) is 0 Å². The lowest BCUT2D eigenvalue weighted by molar-refractivity contribution is 0.0931. The number of hydrogen-bond donors (Lipinski definition) is 3. The third kappa shape index (κ3) is 3.69. The van der Waals surface area contributed by atoms with Crippen molar-refractivity contribution in [1.29, 1.82) is 0 Å². The fourth-order valence-electron chi connectivity index (χ4n) is 3.63. The van der Waals surface area contributed by atoms with Crippen LogP contribution in [0.15, 0.2) is 52.1 Å². The molecule has 3 N–H and O–H groups in total. The van der Waals surface area contributed by atoms with Gasteiger partial charge in [0.1, 0.15) is 0 Å². The molecule has 1 fully saturated rings. The second kappa shape index (κ2) is 7.34. The van der Waals surface area contributed by atoms with Crippen LogP contribution in [0.4, 0.5) is 5.69 Å². The Morgan fingerprint density at radius 1 is 1.00 bits per heavy atom. The maximum absolute atomic E-state index is 12.6. The van der Waals surface area contributed by atoms with E-state index in [0.717, 1.165) is 25.9 Å². The highest BCUT2D eigenvalue weighted by atomic mass is 16.2. The Balaban J connectivity index is 1.42. The molecule has 1 aromatic heterocycles. The second-order valence-electron chi connectivity index (χ2n) is 7.24. The Hall–Kier alpha value is -3.35. The van der Waals surface area contributed by atoms with Crippen LogP contribution in [0, 0.1) is 6.92 Å². The molecule has 1 aliphatic heterocycles. The molecule has 0 saturated carbocycles. The van der Waals surface area contributed by atoms with Crippen LogP contribution in [0.25, 0.3) is 11.0 Å². The molecule has 144 valence electrons. The summed E-state index contributed by atoms with van der Waals surface area (Å²) in [5, 5.41) is 3.08. The number of rotatable bonds is 3. The number of fused-ring (bicyclic) bond motifs is 1. The number of carbonyl (C=O) groups excluding carboxylic acids is 1. The highest BCUT2D eigenvalue weighted by molar-refractivity contribution is 5.97. The molecular weight excluding hydrogens is 356 g/mol. The number of aryl methyl sites for hydroxylation is 1. The number of nitrogens with zero attached hydrogens (tertiary/aromatic N) is 1. The summed E-state index contributed by atoms with van der Waals surface area (Å²) < 4.78 is 0. The average molecular weight is 378 g/mol. The van der Waals surface area contributed by atoms with E-state index in [1.807, 2.05) is 0 Å². The van der Waals surface area contributed by atoms with Crippen molar-refractivity contribution in [2.75, 3.05) is 18.0 Å². The van der Waals surface area contributed by atoms with Crippen molar-refractivity contribution in [2.24, 2.45) is 0 Å². The summed E-state index contributed by atoms with van der Waals surface area (Å²) >= 11 is 0. The number of H-pyrrole nitrogens is 2. The molecule has 3 aromatic rings.